The van der Waals surface area contributed by atoms with Crippen LogP contribution in [0.25, 0.3) is 0 Å². The first-order chi connectivity index (χ1) is 16.0. The number of thiol groups is 1. The highest BCUT2D eigenvalue weighted by Crippen LogP contribution is 2.48. The summed E-state index contributed by atoms with van der Waals surface area (Å²) < 4.78 is 7.11. The smallest absolute Gasteiger partial charge is 0.248 e. The second kappa shape index (κ2) is 10.1. The van der Waals surface area contributed by atoms with E-state index >= 15 is 0 Å². The average molecular weight is 499 g/mol. The van der Waals surface area contributed by atoms with Crippen molar-refractivity contribution in [2.75, 3.05) is 6.61 Å². The number of hydrogen-bond donors (Lipinski definition) is 1. The molecule has 2 atom stereocenters. The van der Waals surface area contributed by atoms with Crippen LogP contribution in [-0.4, -0.2) is 27.6 Å². The summed E-state index contributed by atoms with van der Waals surface area (Å²) in [5, 5.41) is 4.20. The van der Waals surface area contributed by atoms with Crippen molar-refractivity contribution in [2.45, 2.75) is 31.2 Å². The number of nitrogens with zero attached hydrogens (tertiary/aromatic N) is 2. The number of Topliss-reactive ketones (excluding diaryl/α,β-unsaturated/α-hetero) is 1. The van der Waals surface area contributed by atoms with Gasteiger partial charge in [-0.15, -0.1) is 0 Å². The summed E-state index contributed by atoms with van der Waals surface area (Å²) in [5.41, 5.74) is 0.623. The summed E-state index contributed by atoms with van der Waals surface area (Å²) in [6, 6.07) is 14.2. The van der Waals surface area contributed by atoms with Crippen LogP contribution in [0.1, 0.15) is 42.5 Å². The minimum absolute atomic E-state index is 0.0149. The number of piperidine rings is 1. The molecule has 8 heteroatoms. The Morgan fingerprint density at radius 1 is 1.21 bits per heavy atom. The van der Waals surface area contributed by atoms with Gasteiger partial charge in [0.25, 0.3) is 0 Å². The van der Waals surface area contributed by atoms with Gasteiger partial charge in [0, 0.05) is 17.5 Å². The van der Waals surface area contributed by atoms with Gasteiger partial charge in [-0.1, -0.05) is 67.8 Å². The van der Waals surface area contributed by atoms with E-state index in [9.17, 15) is 9.59 Å². The van der Waals surface area contributed by atoms with Gasteiger partial charge < -0.3 is 4.74 Å². The van der Waals surface area contributed by atoms with Gasteiger partial charge in [0.05, 0.1) is 5.69 Å². The lowest BCUT2D eigenvalue weighted by Gasteiger charge is -2.45. The third-order valence-electron chi connectivity index (χ3n) is 5.66. The van der Waals surface area contributed by atoms with Gasteiger partial charge in [-0.2, -0.15) is 11.3 Å². The van der Waals surface area contributed by atoms with Crippen molar-refractivity contribution in [2.24, 2.45) is 0 Å². The minimum atomic E-state index is -1.16. The average Bonchev–Trinajstić information content (AvgIpc) is 3.36. The van der Waals surface area contributed by atoms with E-state index in [1.54, 1.807) is 36.4 Å². The van der Waals surface area contributed by atoms with E-state index in [0.29, 0.717) is 28.8 Å². The van der Waals surface area contributed by atoms with Crippen molar-refractivity contribution in [3.05, 3.63) is 93.3 Å². The Kier molecular flexibility index (Phi) is 7.22. The molecule has 2 unspecified atom stereocenters. The van der Waals surface area contributed by atoms with Crippen LogP contribution in [0.15, 0.2) is 71.4 Å². The lowest BCUT2D eigenvalue weighted by Crippen LogP contribution is -2.54. The molecule has 0 spiro atoms. The molecule has 1 saturated heterocycles. The van der Waals surface area contributed by atoms with Crippen LogP contribution >= 0.6 is 35.8 Å². The molecule has 3 aromatic rings. The van der Waals surface area contributed by atoms with Crippen molar-refractivity contribution in [1.82, 2.24) is 9.29 Å². The lowest BCUT2D eigenvalue weighted by atomic mass is 9.75. The van der Waals surface area contributed by atoms with Gasteiger partial charge in [0.1, 0.15) is 18.1 Å². The van der Waals surface area contributed by atoms with E-state index in [1.165, 1.54) is 15.6 Å². The second-order valence-electron chi connectivity index (χ2n) is 7.67. The molecule has 0 radical (unpaired) electrons. The SMILES string of the molecule is CCC=CCOc1cccc(C2(c3ccsc3)CC(=O)C(c3ccccc3Cl)C(=O)N2S)n1. The van der Waals surface area contributed by atoms with Gasteiger partial charge >= 0.3 is 0 Å². The molecule has 170 valence electrons. The van der Waals surface area contributed by atoms with E-state index in [-0.39, 0.29) is 12.2 Å². The van der Waals surface area contributed by atoms with E-state index in [1.807, 2.05) is 42.0 Å². The number of benzene rings is 1. The van der Waals surface area contributed by atoms with Crippen LogP contribution in [0.3, 0.4) is 0 Å². The number of amides is 1. The fourth-order valence-corrected chi connectivity index (χ4v) is 5.43. The van der Waals surface area contributed by atoms with Gasteiger partial charge in [-0.25, -0.2) is 4.98 Å². The molecule has 1 aliphatic rings. The highest BCUT2D eigenvalue weighted by atomic mass is 35.5. The van der Waals surface area contributed by atoms with Crippen molar-refractivity contribution in [1.29, 1.82) is 0 Å². The lowest BCUT2D eigenvalue weighted by molar-refractivity contribution is -0.142. The number of hydrogen-bond acceptors (Lipinski definition) is 6. The summed E-state index contributed by atoms with van der Waals surface area (Å²) in [5.74, 6) is -1.27. The number of pyridine rings is 1. The van der Waals surface area contributed by atoms with Crippen molar-refractivity contribution in [3.8, 4) is 5.88 Å². The molecular formula is C25H23ClN2O3S2. The van der Waals surface area contributed by atoms with Crippen LogP contribution in [0, 0.1) is 0 Å². The van der Waals surface area contributed by atoms with Crippen molar-refractivity contribution < 1.29 is 14.3 Å². The molecule has 0 N–H and O–H groups in total. The molecule has 4 rings (SSSR count). The number of carbonyl (C=O) groups excluding carboxylic acids is 2. The standard InChI is InChI=1S/C25H23ClN2O3S2/c1-2-3-6-13-31-22-11-7-10-21(27-22)25(17-12-14-33-16-17)15-20(29)23(24(30)28(25)32)18-8-4-5-9-19(18)26/h3-12,14,16,23,32H,2,13,15H2,1H3. The Balaban J connectivity index is 1.77. The summed E-state index contributed by atoms with van der Waals surface area (Å²) in [6.45, 7) is 2.43. The monoisotopic (exact) mass is 498 g/mol. The number of carbonyl (C=O) groups is 2. The molecular weight excluding hydrogens is 476 g/mol. The third kappa shape index (κ3) is 4.45. The fourth-order valence-electron chi connectivity index (χ4n) is 4.06. The molecule has 2 aromatic heterocycles. The highest BCUT2D eigenvalue weighted by molar-refractivity contribution is 7.78. The topological polar surface area (TPSA) is 59.5 Å². The predicted octanol–water partition coefficient (Wildman–Crippen LogP) is 5.82. The predicted molar refractivity (Wildman–Crippen MR) is 134 cm³/mol. The minimum Gasteiger partial charge on any atom is -0.473 e. The summed E-state index contributed by atoms with van der Waals surface area (Å²) in [4.78, 5) is 31.8. The summed E-state index contributed by atoms with van der Waals surface area (Å²) in [7, 11) is 0. The Bertz CT molecular complexity index is 1180. The number of halogens is 1. The zero-order valence-corrected chi connectivity index (χ0v) is 20.4. The summed E-state index contributed by atoms with van der Waals surface area (Å²) >= 11 is 12.5. The maximum absolute atomic E-state index is 13.6. The normalized spacial score (nSPS) is 21.1. The largest absolute Gasteiger partial charge is 0.473 e. The first-order valence-electron chi connectivity index (χ1n) is 10.6. The molecule has 1 fully saturated rings. The van der Waals surface area contributed by atoms with Gasteiger partial charge in [-0.3, -0.25) is 13.9 Å². The van der Waals surface area contributed by atoms with Crippen LogP contribution in [-0.2, 0) is 15.1 Å². The maximum Gasteiger partial charge on any atom is 0.248 e. The van der Waals surface area contributed by atoms with Crippen molar-refractivity contribution >= 4 is 47.4 Å². The van der Waals surface area contributed by atoms with Crippen LogP contribution in [0.2, 0.25) is 5.02 Å². The number of rotatable bonds is 7. The highest BCUT2D eigenvalue weighted by Gasteiger charge is 2.53. The molecule has 0 bridgehead atoms. The molecule has 5 nitrogen and oxygen atoms in total. The number of thiophene rings is 1. The quantitative estimate of drug-likeness (QED) is 0.253. The third-order valence-corrected chi connectivity index (χ3v) is 7.23. The zero-order valence-electron chi connectivity index (χ0n) is 18.0. The summed E-state index contributed by atoms with van der Waals surface area (Å²) in [6.07, 6.45) is 4.87. The molecule has 3 heterocycles. The molecule has 1 amide bonds. The molecule has 0 aliphatic carbocycles. The Hall–Kier alpha value is -2.61. The number of ketones is 1. The molecule has 33 heavy (non-hydrogen) atoms. The van der Waals surface area contributed by atoms with E-state index < -0.39 is 17.4 Å². The van der Waals surface area contributed by atoms with Gasteiger partial charge in [0.2, 0.25) is 11.8 Å². The Morgan fingerprint density at radius 3 is 2.76 bits per heavy atom. The Morgan fingerprint density at radius 2 is 2.03 bits per heavy atom. The van der Waals surface area contributed by atoms with Gasteiger partial charge in [-0.05, 0) is 46.5 Å². The van der Waals surface area contributed by atoms with E-state index in [4.69, 9.17) is 16.3 Å². The number of allylic oxidation sites excluding steroid dienone is 1. The fraction of sp³-hybridized carbons (Fsp3) is 0.240. The Labute approximate surface area is 207 Å². The van der Waals surface area contributed by atoms with Crippen LogP contribution in [0.5, 0.6) is 5.88 Å². The first-order valence-corrected chi connectivity index (χ1v) is 12.3. The zero-order chi connectivity index (χ0) is 23.4. The second-order valence-corrected chi connectivity index (χ2v) is 9.26. The number of aromatic nitrogens is 1. The van der Waals surface area contributed by atoms with E-state index in [0.717, 1.165) is 12.0 Å². The molecule has 0 saturated carbocycles. The molecule has 1 aliphatic heterocycles. The van der Waals surface area contributed by atoms with E-state index in [2.05, 4.69) is 17.8 Å². The number of ether oxygens (including phenoxy) is 1. The van der Waals surface area contributed by atoms with Crippen LogP contribution in [0.4, 0.5) is 0 Å². The van der Waals surface area contributed by atoms with Crippen molar-refractivity contribution in [3.63, 3.8) is 0 Å². The first kappa shape index (κ1) is 23.5. The van der Waals surface area contributed by atoms with Gasteiger partial charge in [0.15, 0.2) is 5.78 Å². The molecule has 1 aromatic carbocycles. The van der Waals surface area contributed by atoms with Crippen LogP contribution < -0.4 is 4.74 Å². The maximum atomic E-state index is 13.6.